The molecule has 0 aliphatic heterocycles. The summed E-state index contributed by atoms with van der Waals surface area (Å²) in [6.07, 6.45) is 1.61. The lowest BCUT2D eigenvalue weighted by Crippen LogP contribution is -1.92. The number of rotatable bonds is 2. The van der Waals surface area contributed by atoms with Gasteiger partial charge in [-0.2, -0.15) is 5.26 Å². The van der Waals surface area contributed by atoms with E-state index in [-0.39, 0.29) is 0 Å². The summed E-state index contributed by atoms with van der Waals surface area (Å²) in [5.74, 6) is 0.634. The van der Waals surface area contributed by atoms with Crippen molar-refractivity contribution in [2.45, 2.75) is 6.92 Å². The lowest BCUT2D eigenvalue weighted by atomic mass is 10.2. The molecule has 5 heteroatoms. The number of hydrogen-bond donors (Lipinski definition) is 1. The first-order valence-corrected chi connectivity index (χ1v) is 6.56. The van der Waals surface area contributed by atoms with Gasteiger partial charge in [-0.1, -0.05) is 17.4 Å². The Morgan fingerprint density at radius 1 is 1.26 bits per heavy atom. The summed E-state index contributed by atoms with van der Waals surface area (Å²) in [6, 6.07) is 11.6. The molecule has 4 nitrogen and oxygen atoms in total. The summed E-state index contributed by atoms with van der Waals surface area (Å²) < 4.78 is 1.14. The van der Waals surface area contributed by atoms with E-state index in [9.17, 15) is 0 Å². The average Bonchev–Trinajstić information content (AvgIpc) is 2.80. The molecule has 0 saturated carbocycles. The molecular formula is C14H10N4S. The number of aryl methyl sites for hydroxylation is 1. The third-order valence-corrected chi connectivity index (χ3v) is 3.60. The summed E-state index contributed by atoms with van der Waals surface area (Å²) in [6.45, 7) is 2.06. The molecule has 3 rings (SSSR count). The van der Waals surface area contributed by atoms with Crippen LogP contribution in [0.5, 0.6) is 0 Å². The SMILES string of the molecule is Cc1ccc2nc(Nc3cc(C#N)ccn3)sc2c1. The maximum absolute atomic E-state index is 8.85. The summed E-state index contributed by atoms with van der Waals surface area (Å²) in [5.41, 5.74) is 2.76. The van der Waals surface area contributed by atoms with Gasteiger partial charge in [0.2, 0.25) is 0 Å². The monoisotopic (exact) mass is 266 g/mol. The van der Waals surface area contributed by atoms with Crippen molar-refractivity contribution in [2.24, 2.45) is 0 Å². The highest BCUT2D eigenvalue weighted by atomic mass is 32.1. The topological polar surface area (TPSA) is 61.6 Å². The van der Waals surface area contributed by atoms with Gasteiger partial charge < -0.3 is 5.32 Å². The summed E-state index contributed by atoms with van der Waals surface area (Å²) in [7, 11) is 0. The second-order valence-corrected chi connectivity index (χ2v) is 5.19. The van der Waals surface area contributed by atoms with Crippen molar-refractivity contribution in [3.05, 3.63) is 47.7 Å². The van der Waals surface area contributed by atoms with Gasteiger partial charge in [0.05, 0.1) is 21.8 Å². The van der Waals surface area contributed by atoms with Crippen molar-refractivity contribution < 1.29 is 0 Å². The zero-order valence-electron chi connectivity index (χ0n) is 10.2. The Morgan fingerprint density at radius 2 is 2.16 bits per heavy atom. The van der Waals surface area contributed by atoms with Crippen LogP contribution < -0.4 is 5.32 Å². The second-order valence-electron chi connectivity index (χ2n) is 4.16. The van der Waals surface area contributed by atoms with Crippen LogP contribution in [0.15, 0.2) is 36.5 Å². The molecule has 0 spiro atoms. The van der Waals surface area contributed by atoms with Crippen LogP contribution in [0, 0.1) is 18.3 Å². The third kappa shape index (κ3) is 2.39. The molecule has 92 valence electrons. The Bertz CT molecular complexity index is 785. The van der Waals surface area contributed by atoms with Gasteiger partial charge in [-0.25, -0.2) is 9.97 Å². The maximum Gasteiger partial charge on any atom is 0.189 e. The predicted octanol–water partition coefficient (Wildman–Crippen LogP) is 3.62. The highest BCUT2D eigenvalue weighted by Crippen LogP contribution is 2.28. The molecule has 0 saturated heterocycles. The van der Waals surface area contributed by atoms with Crippen LogP contribution >= 0.6 is 11.3 Å². The van der Waals surface area contributed by atoms with E-state index >= 15 is 0 Å². The van der Waals surface area contributed by atoms with E-state index in [1.807, 2.05) is 12.1 Å². The van der Waals surface area contributed by atoms with E-state index in [0.29, 0.717) is 11.4 Å². The number of hydrogen-bond acceptors (Lipinski definition) is 5. The van der Waals surface area contributed by atoms with Crippen LogP contribution in [0.3, 0.4) is 0 Å². The molecule has 19 heavy (non-hydrogen) atoms. The smallest absolute Gasteiger partial charge is 0.189 e. The highest BCUT2D eigenvalue weighted by molar-refractivity contribution is 7.22. The standard InChI is InChI=1S/C14H10N4S/c1-9-2-3-11-12(6-9)19-14(17-11)18-13-7-10(8-15)4-5-16-13/h2-7H,1H3,(H,16,17,18). The van der Waals surface area contributed by atoms with Crippen molar-refractivity contribution in [1.82, 2.24) is 9.97 Å². The Balaban J connectivity index is 1.94. The Kier molecular flexibility index (Phi) is 2.86. The first-order chi connectivity index (χ1) is 9.24. The quantitative estimate of drug-likeness (QED) is 0.769. The van der Waals surface area contributed by atoms with Crippen LogP contribution in [0.1, 0.15) is 11.1 Å². The highest BCUT2D eigenvalue weighted by Gasteiger charge is 2.05. The molecule has 1 aromatic carbocycles. The Labute approximate surface area is 114 Å². The summed E-state index contributed by atoms with van der Waals surface area (Å²) in [5, 5.41) is 12.8. The minimum atomic E-state index is 0.578. The molecule has 0 aliphatic carbocycles. The van der Waals surface area contributed by atoms with Crippen molar-refractivity contribution >= 4 is 32.5 Å². The van der Waals surface area contributed by atoms with Gasteiger partial charge >= 0.3 is 0 Å². The molecule has 0 amide bonds. The van der Waals surface area contributed by atoms with Gasteiger partial charge in [-0.3, -0.25) is 0 Å². The van der Waals surface area contributed by atoms with Crippen LogP contribution in [0.25, 0.3) is 10.2 Å². The number of thiazole rings is 1. The van der Waals surface area contributed by atoms with E-state index < -0.39 is 0 Å². The fourth-order valence-electron chi connectivity index (χ4n) is 1.76. The van der Waals surface area contributed by atoms with E-state index in [4.69, 9.17) is 5.26 Å². The summed E-state index contributed by atoms with van der Waals surface area (Å²) in [4.78, 5) is 8.66. The maximum atomic E-state index is 8.85. The number of fused-ring (bicyclic) bond motifs is 1. The zero-order chi connectivity index (χ0) is 13.2. The van der Waals surface area contributed by atoms with Crippen molar-refractivity contribution in [3.8, 4) is 6.07 Å². The van der Waals surface area contributed by atoms with Gasteiger partial charge in [0.25, 0.3) is 0 Å². The Morgan fingerprint density at radius 3 is 3.00 bits per heavy atom. The van der Waals surface area contributed by atoms with Gasteiger partial charge in [0.15, 0.2) is 5.13 Å². The van der Waals surface area contributed by atoms with Gasteiger partial charge in [0.1, 0.15) is 5.82 Å². The Hall–Kier alpha value is -2.45. The van der Waals surface area contributed by atoms with Crippen LogP contribution in [0.4, 0.5) is 10.9 Å². The van der Waals surface area contributed by atoms with Crippen molar-refractivity contribution in [1.29, 1.82) is 5.26 Å². The van der Waals surface area contributed by atoms with E-state index in [1.165, 1.54) is 5.56 Å². The van der Waals surface area contributed by atoms with E-state index in [0.717, 1.165) is 15.3 Å². The fourth-order valence-corrected chi connectivity index (χ4v) is 2.73. The number of nitriles is 1. The molecule has 0 fully saturated rings. The molecule has 1 N–H and O–H groups in total. The first kappa shape index (κ1) is 11.6. The van der Waals surface area contributed by atoms with Crippen LogP contribution in [-0.2, 0) is 0 Å². The number of nitrogens with zero attached hydrogens (tertiary/aromatic N) is 3. The van der Waals surface area contributed by atoms with Gasteiger partial charge in [0, 0.05) is 6.20 Å². The first-order valence-electron chi connectivity index (χ1n) is 5.75. The molecule has 2 aromatic heterocycles. The average molecular weight is 266 g/mol. The van der Waals surface area contributed by atoms with Gasteiger partial charge in [-0.15, -0.1) is 0 Å². The van der Waals surface area contributed by atoms with Gasteiger partial charge in [-0.05, 0) is 36.8 Å². The molecule has 3 aromatic rings. The van der Waals surface area contributed by atoms with Crippen molar-refractivity contribution in [2.75, 3.05) is 5.32 Å². The van der Waals surface area contributed by atoms with Crippen LogP contribution in [-0.4, -0.2) is 9.97 Å². The second kappa shape index (κ2) is 4.67. The van der Waals surface area contributed by atoms with Crippen molar-refractivity contribution in [3.63, 3.8) is 0 Å². The minimum Gasteiger partial charge on any atom is -0.316 e. The molecule has 0 atom stereocenters. The number of benzene rings is 1. The molecule has 2 heterocycles. The molecular weight excluding hydrogens is 256 g/mol. The van der Waals surface area contributed by atoms with Crippen LogP contribution in [0.2, 0.25) is 0 Å². The number of anilines is 2. The molecule has 0 unspecified atom stereocenters. The number of aromatic nitrogens is 2. The van der Waals surface area contributed by atoms with E-state index in [2.05, 4.69) is 34.3 Å². The minimum absolute atomic E-state index is 0.578. The summed E-state index contributed by atoms with van der Waals surface area (Å²) >= 11 is 1.57. The normalized spacial score (nSPS) is 10.3. The largest absolute Gasteiger partial charge is 0.316 e. The molecule has 0 radical (unpaired) electrons. The lowest BCUT2D eigenvalue weighted by molar-refractivity contribution is 1.28. The lowest BCUT2D eigenvalue weighted by Gasteiger charge is -2.00. The predicted molar refractivity (Wildman–Crippen MR) is 76.6 cm³/mol. The van der Waals surface area contributed by atoms with E-state index in [1.54, 1.807) is 29.7 Å². The third-order valence-electron chi connectivity index (χ3n) is 2.67. The number of nitrogens with one attached hydrogen (secondary N) is 1. The molecule has 0 aliphatic rings. The molecule has 0 bridgehead atoms. The fraction of sp³-hybridized carbons (Fsp3) is 0.0714. The number of pyridine rings is 1. The zero-order valence-corrected chi connectivity index (χ0v) is 11.0.